The molecule has 27 heavy (non-hydrogen) atoms. The van der Waals surface area contributed by atoms with Gasteiger partial charge in [-0.3, -0.25) is 9.69 Å². The second kappa shape index (κ2) is 7.75. The van der Waals surface area contributed by atoms with Gasteiger partial charge in [0.25, 0.3) is 0 Å². The summed E-state index contributed by atoms with van der Waals surface area (Å²) < 4.78 is 32.3. The highest BCUT2D eigenvalue weighted by Gasteiger charge is 2.29. The Morgan fingerprint density at radius 3 is 2.63 bits per heavy atom. The zero-order valence-corrected chi connectivity index (χ0v) is 15.0. The van der Waals surface area contributed by atoms with Crippen molar-refractivity contribution in [3.05, 3.63) is 70.9 Å². The van der Waals surface area contributed by atoms with E-state index in [9.17, 15) is 18.4 Å². The first kappa shape index (κ1) is 18.8. The van der Waals surface area contributed by atoms with E-state index in [-0.39, 0.29) is 28.7 Å². The van der Waals surface area contributed by atoms with Crippen LogP contribution in [0.3, 0.4) is 0 Å². The fourth-order valence-electron chi connectivity index (χ4n) is 2.76. The van der Waals surface area contributed by atoms with Gasteiger partial charge in [0.05, 0.1) is 23.9 Å². The number of carbonyl (C=O) groups is 2. The molecule has 2 amide bonds. The number of hydrogen-bond acceptors (Lipinski definition) is 3. The number of benzene rings is 2. The molecule has 1 aliphatic heterocycles. The van der Waals surface area contributed by atoms with E-state index in [0.717, 1.165) is 6.07 Å². The number of methoxy groups -OCH3 is 1. The quantitative estimate of drug-likeness (QED) is 0.824. The Labute approximate surface area is 159 Å². The summed E-state index contributed by atoms with van der Waals surface area (Å²) in [7, 11) is 1.37. The van der Waals surface area contributed by atoms with Gasteiger partial charge in [0.2, 0.25) is 0 Å². The van der Waals surface area contributed by atoms with Crippen molar-refractivity contribution in [2.75, 3.05) is 12.4 Å². The first-order chi connectivity index (χ1) is 12.9. The van der Waals surface area contributed by atoms with Gasteiger partial charge in [0, 0.05) is 18.7 Å². The van der Waals surface area contributed by atoms with Gasteiger partial charge < -0.3 is 10.1 Å². The van der Waals surface area contributed by atoms with Crippen LogP contribution in [0.1, 0.15) is 18.0 Å². The molecule has 0 fully saturated rings. The number of nitrogens with zero attached hydrogens (tertiary/aromatic N) is 1. The molecule has 140 valence electrons. The molecule has 0 radical (unpaired) electrons. The molecule has 0 saturated heterocycles. The van der Waals surface area contributed by atoms with Crippen LogP contribution in [-0.2, 0) is 4.79 Å². The van der Waals surface area contributed by atoms with Crippen molar-refractivity contribution in [1.82, 2.24) is 4.90 Å². The van der Waals surface area contributed by atoms with Crippen LogP contribution < -0.4 is 10.1 Å². The Hall–Kier alpha value is -2.93. The summed E-state index contributed by atoms with van der Waals surface area (Å²) in [5, 5.41) is 2.51. The first-order valence-corrected chi connectivity index (χ1v) is 8.35. The normalized spacial score (nSPS) is 16.4. The molecule has 1 aliphatic rings. The minimum atomic E-state index is -0.732. The summed E-state index contributed by atoms with van der Waals surface area (Å²) in [6.45, 7) is 0. The molecule has 1 unspecified atom stereocenters. The second-order valence-corrected chi connectivity index (χ2v) is 6.26. The molecule has 8 heteroatoms. The Balaban J connectivity index is 1.88. The number of allylic oxidation sites excluding steroid dienone is 1. The van der Waals surface area contributed by atoms with E-state index in [0.29, 0.717) is 5.56 Å². The average Bonchev–Trinajstić information content (AvgIpc) is 2.64. The van der Waals surface area contributed by atoms with E-state index in [1.807, 2.05) is 0 Å². The van der Waals surface area contributed by atoms with Crippen molar-refractivity contribution in [3.63, 3.8) is 0 Å². The largest absolute Gasteiger partial charge is 0.495 e. The maximum absolute atomic E-state index is 14.1. The van der Waals surface area contributed by atoms with Crippen LogP contribution in [0.5, 0.6) is 5.75 Å². The number of amides is 2. The summed E-state index contributed by atoms with van der Waals surface area (Å²) in [4.78, 5) is 25.8. The lowest BCUT2D eigenvalue weighted by molar-refractivity contribution is -0.116. The number of ketones is 1. The molecule has 2 aromatic rings. The van der Waals surface area contributed by atoms with Gasteiger partial charge in [0.15, 0.2) is 5.78 Å². The van der Waals surface area contributed by atoms with Crippen molar-refractivity contribution in [1.29, 1.82) is 0 Å². The summed E-state index contributed by atoms with van der Waals surface area (Å²) in [5.74, 6) is -1.13. The van der Waals surface area contributed by atoms with E-state index >= 15 is 0 Å². The van der Waals surface area contributed by atoms with Crippen LogP contribution in [0.25, 0.3) is 0 Å². The van der Waals surface area contributed by atoms with Crippen molar-refractivity contribution >= 4 is 29.1 Å². The van der Waals surface area contributed by atoms with Gasteiger partial charge >= 0.3 is 6.03 Å². The predicted octanol–water partition coefficient (Wildman–Crippen LogP) is 4.69. The van der Waals surface area contributed by atoms with Gasteiger partial charge in [-0.25, -0.2) is 13.6 Å². The molecule has 0 aromatic heterocycles. The van der Waals surface area contributed by atoms with Crippen LogP contribution in [0.15, 0.2) is 48.7 Å². The Morgan fingerprint density at radius 2 is 1.96 bits per heavy atom. The van der Waals surface area contributed by atoms with E-state index in [1.54, 1.807) is 0 Å². The Kier molecular flexibility index (Phi) is 5.41. The second-order valence-electron chi connectivity index (χ2n) is 5.86. The number of anilines is 1. The molecule has 1 N–H and O–H groups in total. The molecule has 3 rings (SSSR count). The minimum Gasteiger partial charge on any atom is -0.495 e. The van der Waals surface area contributed by atoms with Crippen LogP contribution in [0, 0.1) is 11.6 Å². The summed E-state index contributed by atoms with van der Waals surface area (Å²) in [6.07, 6.45) is 2.61. The molecule has 5 nitrogen and oxygen atoms in total. The number of hydrogen-bond donors (Lipinski definition) is 1. The van der Waals surface area contributed by atoms with E-state index < -0.39 is 23.7 Å². The van der Waals surface area contributed by atoms with Gasteiger partial charge in [-0.15, -0.1) is 0 Å². The summed E-state index contributed by atoms with van der Waals surface area (Å²) >= 11 is 5.85. The van der Waals surface area contributed by atoms with Crippen LogP contribution >= 0.6 is 11.6 Å². The number of carbonyl (C=O) groups excluding carboxylic acids is 2. The Bertz CT molecular complexity index is 916. The lowest BCUT2D eigenvalue weighted by Gasteiger charge is -2.31. The van der Waals surface area contributed by atoms with E-state index in [4.69, 9.17) is 16.3 Å². The number of ether oxygens (including phenoxy) is 1. The third-order valence-electron chi connectivity index (χ3n) is 4.12. The predicted molar refractivity (Wildman–Crippen MR) is 96.7 cm³/mol. The lowest BCUT2D eigenvalue weighted by Crippen LogP contribution is -2.37. The van der Waals surface area contributed by atoms with Gasteiger partial charge in [-0.05, 0) is 29.8 Å². The number of urea groups is 1. The number of nitrogens with one attached hydrogen (secondary N) is 1. The van der Waals surface area contributed by atoms with Crippen molar-refractivity contribution in [2.24, 2.45) is 0 Å². The molecular weight excluding hydrogens is 378 g/mol. The molecule has 0 saturated carbocycles. The summed E-state index contributed by atoms with van der Waals surface area (Å²) in [5.41, 5.74) is 0.461. The topological polar surface area (TPSA) is 58.6 Å². The smallest absolute Gasteiger partial charge is 0.326 e. The Morgan fingerprint density at radius 1 is 1.26 bits per heavy atom. The highest BCUT2D eigenvalue weighted by molar-refractivity contribution is 6.32. The van der Waals surface area contributed by atoms with Crippen molar-refractivity contribution in [3.8, 4) is 5.75 Å². The number of rotatable bonds is 3. The maximum Gasteiger partial charge on any atom is 0.326 e. The lowest BCUT2D eigenvalue weighted by atomic mass is 9.97. The van der Waals surface area contributed by atoms with Crippen molar-refractivity contribution in [2.45, 2.75) is 12.5 Å². The third-order valence-corrected chi connectivity index (χ3v) is 4.42. The highest BCUT2D eigenvalue weighted by atomic mass is 35.5. The molecule has 0 spiro atoms. The molecule has 0 bridgehead atoms. The molecular formula is C19H15ClF2N2O3. The minimum absolute atomic E-state index is 0.0297. The van der Waals surface area contributed by atoms with E-state index in [1.165, 1.54) is 54.6 Å². The standard InChI is InChI=1S/C19H15ClF2N2O3/c1-27-18-10-16(15(22)9-14(18)20)23-19(26)24-7-6-13(25)8-17(24)11-2-4-12(21)5-3-11/h2-7,9-10,17H,8H2,1H3,(H,23,26). The SMILES string of the molecule is COc1cc(NC(=O)N2C=CC(=O)CC2c2ccc(F)cc2)c(F)cc1Cl. The van der Waals surface area contributed by atoms with Gasteiger partial charge in [-0.2, -0.15) is 0 Å². The molecule has 2 aromatic carbocycles. The maximum atomic E-state index is 14.1. The summed E-state index contributed by atoms with van der Waals surface area (Å²) in [6, 6.07) is 6.49. The zero-order valence-electron chi connectivity index (χ0n) is 14.2. The van der Waals surface area contributed by atoms with Gasteiger partial charge in [0.1, 0.15) is 17.4 Å². The third kappa shape index (κ3) is 4.09. The highest BCUT2D eigenvalue weighted by Crippen LogP contribution is 2.32. The van der Waals surface area contributed by atoms with E-state index in [2.05, 4.69) is 5.32 Å². The first-order valence-electron chi connectivity index (χ1n) is 7.98. The van der Waals surface area contributed by atoms with Gasteiger partial charge in [-0.1, -0.05) is 23.7 Å². The average molecular weight is 393 g/mol. The van der Waals surface area contributed by atoms with Crippen LogP contribution in [0.4, 0.5) is 19.3 Å². The zero-order chi connectivity index (χ0) is 19.6. The molecule has 0 aliphatic carbocycles. The van der Waals surface area contributed by atoms with Crippen LogP contribution in [-0.4, -0.2) is 23.8 Å². The molecule has 1 heterocycles. The monoisotopic (exact) mass is 392 g/mol. The fraction of sp³-hybridized carbons (Fsp3) is 0.158. The fourth-order valence-corrected chi connectivity index (χ4v) is 2.99. The van der Waals surface area contributed by atoms with Crippen LogP contribution in [0.2, 0.25) is 5.02 Å². The molecule has 1 atom stereocenters. The number of halogens is 3. The van der Waals surface area contributed by atoms with Crippen molar-refractivity contribution < 1.29 is 23.1 Å².